The number of rotatable bonds is 5. The standard InChI is InChI=1S/C20H22ClNO5/c1-13-15(18(23)24)11-14(27-13)12-22(2)19(25)20(7-9-26-10-8-20)16-5-3-4-6-17(16)21/h3-6,11H,7-10,12H2,1-2H3,(H,23,24). The molecule has 2 aromatic rings. The highest BCUT2D eigenvalue weighted by molar-refractivity contribution is 6.31. The number of carbonyl (C=O) groups excluding carboxylic acids is 1. The Balaban J connectivity index is 1.89. The van der Waals surface area contributed by atoms with Gasteiger partial charge in [0, 0.05) is 25.3 Å². The van der Waals surface area contributed by atoms with Gasteiger partial charge in [-0.2, -0.15) is 0 Å². The Morgan fingerprint density at radius 1 is 1.26 bits per heavy atom. The molecule has 27 heavy (non-hydrogen) atoms. The Kier molecular flexibility index (Phi) is 5.58. The molecule has 0 saturated carbocycles. The second kappa shape index (κ2) is 7.74. The number of carbonyl (C=O) groups is 2. The van der Waals surface area contributed by atoms with Crippen molar-refractivity contribution in [2.24, 2.45) is 0 Å². The molecule has 1 aromatic heterocycles. The lowest BCUT2D eigenvalue weighted by Crippen LogP contribution is -2.48. The normalized spacial score (nSPS) is 16.1. The van der Waals surface area contributed by atoms with Crippen LogP contribution in [0.2, 0.25) is 5.02 Å². The Hall–Kier alpha value is -2.31. The van der Waals surface area contributed by atoms with Crippen LogP contribution >= 0.6 is 11.6 Å². The summed E-state index contributed by atoms with van der Waals surface area (Å²) in [6.07, 6.45) is 1.08. The van der Waals surface area contributed by atoms with Crippen molar-refractivity contribution in [3.8, 4) is 0 Å². The van der Waals surface area contributed by atoms with Gasteiger partial charge < -0.3 is 19.2 Å². The molecule has 1 fully saturated rings. The molecule has 2 heterocycles. The molecule has 1 N–H and O–H groups in total. The third-order valence-corrected chi connectivity index (χ3v) is 5.41. The fourth-order valence-electron chi connectivity index (χ4n) is 3.67. The van der Waals surface area contributed by atoms with E-state index in [1.165, 1.54) is 6.07 Å². The van der Waals surface area contributed by atoms with Gasteiger partial charge in [0.05, 0.1) is 12.0 Å². The molecule has 7 heteroatoms. The van der Waals surface area contributed by atoms with Gasteiger partial charge in [-0.1, -0.05) is 29.8 Å². The van der Waals surface area contributed by atoms with Crippen LogP contribution in [0.5, 0.6) is 0 Å². The number of aryl methyl sites for hydroxylation is 1. The molecule has 144 valence electrons. The van der Waals surface area contributed by atoms with Crippen LogP contribution in [-0.2, 0) is 21.5 Å². The van der Waals surface area contributed by atoms with Crippen molar-refractivity contribution in [1.29, 1.82) is 0 Å². The lowest BCUT2D eigenvalue weighted by molar-refractivity contribution is -0.140. The zero-order valence-electron chi connectivity index (χ0n) is 15.3. The van der Waals surface area contributed by atoms with Crippen molar-refractivity contribution in [2.75, 3.05) is 20.3 Å². The second-order valence-corrected chi connectivity index (χ2v) is 7.23. The molecule has 6 nitrogen and oxygen atoms in total. The minimum atomic E-state index is -1.05. The number of benzene rings is 1. The summed E-state index contributed by atoms with van der Waals surface area (Å²) >= 11 is 6.42. The van der Waals surface area contributed by atoms with Gasteiger partial charge >= 0.3 is 5.97 Å². The van der Waals surface area contributed by atoms with E-state index in [4.69, 9.17) is 20.8 Å². The molecule has 0 radical (unpaired) electrons. The number of halogens is 1. The maximum Gasteiger partial charge on any atom is 0.339 e. The first kappa shape index (κ1) is 19.5. The van der Waals surface area contributed by atoms with Gasteiger partial charge in [-0.15, -0.1) is 0 Å². The lowest BCUT2D eigenvalue weighted by Gasteiger charge is -2.39. The van der Waals surface area contributed by atoms with Crippen LogP contribution in [-0.4, -0.2) is 42.1 Å². The van der Waals surface area contributed by atoms with Gasteiger partial charge in [0.2, 0.25) is 5.91 Å². The summed E-state index contributed by atoms with van der Waals surface area (Å²) in [4.78, 5) is 26.2. The SMILES string of the molecule is Cc1oc(CN(C)C(=O)C2(c3ccccc3Cl)CCOCC2)cc1C(=O)O. The molecule has 1 saturated heterocycles. The first-order chi connectivity index (χ1) is 12.8. The predicted octanol–water partition coefficient (Wildman–Crippen LogP) is 3.65. The molecule has 1 amide bonds. The molecular formula is C20H22ClNO5. The third-order valence-electron chi connectivity index (χ3n) is 5.08. The Morgan fingerprint density at radius 3 is 2.52 bits per heavy atom. The highest BCUT2D eigenvalue weighted by Gasteiger charge is 2.44. The number of carboxylic acids is 1. The molecular weight excluding hydrogens is 370 g/mol. The van der Waals surface area contributed by atoms with Crippen molar-refractivity contribution in [1.82, 2.24) is 4.90 Å². The summed E-state index contributed by atoms with van der Waals surface area (Å²) in [7, 11) is 1.69. The quantitative estimate of drug-likeness (QED) is 0.841. The van der Waals surface area contributed by atoms with Gasteiger partial charge in [0.15, 0.2) is 0 Å². The van der Waals surface area contributed by atoms with E-state index in [1.807, 2.05) is 18.2 Å². The van der Waals surface area contributed by atoms with E-state index in [9.17, 15) is 14.7 Å². The minimum Gasteiger partial charge on any atom is -0.478 e. The van der Waals surface area contributed by atoms with E-state index in [2.05, 4.69) is 0 Å². The van der Waals surface area contributed by atoms with E-state index in [-0.39, 0.29) is 18.0 Å². The summed E-state index contributed by atoms with van der Waals surface area (Å²) < 4.78 is 11.0. The Bertz CT molecular complexity index is 854. The van der Waals surface area contributed by atoms with Crippen molar-refractivity contribution in [3.63, 3.8) is 0 Å². The highest BCUT2D eigenvalue weighted by atomic mass is 35.5. The Morgan fingerprint density at radius 2 is 1.93 bits per heavy atom. The van der Waals surface area contributed by atoms with Crippen molar-refractivity contribution in [2.45, 2.75) is 31.7 Å². The predicted molar refractivity (Wildman–Crippen MR) is 100 cm³/mol. The van der Waals surface area contributed by atoms with Crippen molar-refractivity contribution >= 4 is 23.5 Å². The van der Waals surface area contributed by atoms with E-state index in [0.29, 0.717) is 42.6 Å². The number of aromatic carboxylic acids is 1. The average molecular weight is 392 g/mol. The van der Waals surface area contributed by atoms with Crippen LogP contribution < -0.4 is 0 Å². The average Bonchev–Trinajstić information content (AvgIpc) is 3.02. The molecule has 0 spiro atoms. The van der Waals surface area contributed by atoms with Crippen LogP contribution in [0, 0.1) is 6.92 Å². The van der Waals surface area contributed by atoms with Crippen LogP contribution in [0.4, 0.5) is 0 Å². The van der Waals surface area contributed by atoms with Gasteiger partial charge in [-0.05, 0) is 37.5 Å². The molecule has 1 aliphatic rings. The highest BCUT2D eigenvalue weighted by Crippen LogP contribution is 2.40. The van der Waals surface area contributed by atoms with Gasteiger partial charge in [-0.3, -0.25) is 4.79 Å². The van der Waals surface area contributed by atoms with Crippen LogP contribution in [0.3, 0.4) is 0 Å². The third kappa shape index (κ3) is 3.73. The van der Waals surface area contributed by atoms with Crippen molar-refractivity contribution < 1.29 is 23.8 Å². The minimum absolute atomic E-state index is 0.0789. The number of nitrogens with zero attached hydrogens (tertiary/aromatic N) is 1. The van der Waals surface area contributed by atoms with Crippen LogP contribution in [0.1, 0.15) is 40.3 Å². The molecule has 3 rings (SSSR count). The number of hydrogen-bond acceptors (Lipinski definition) is 4. The number of carboxylic acid groups (broad SMARTS) is 1. The van der Waals surface area contributed by atoms with E-state index in [1.54, 1.807) is 24.9 Å². The van der Waals surface area contributed by atoms with Crippen LogP contribution in [0.25, 0.3) is 0 Å². The molecule has 1 aliphatic heterocycles. The van der Waals surface area contributed by atoms with Crippen LogP contribution in [0.15, 0.2) is 34.7 Å². The summed E-state index contributed by atoms with van der Waals surface area (Å²) in [5.74, 6) is -0.370. The van der Waals surface area contributed by atoms with Crippen molar-refractivity contribution in [3.05, 3.63) is 58.0 Å². The maximum absolute atomic E-state index is 13.5. The Labute approximate surface area is 162 Å². The fraction of sp³-hybridized carbons (Fsp3) is 0.400. The number of furan rings is 1. The first-order valence-electron chi connectivity index (χ1n) is 8.76. The van der Waals surface area contributed by atoms with Gasteiger partial charge in [-0.25, -0.2) is 4.79 Å². The number of amides is 1. The number of likely N-dealkylation sites (N-methyl/N-ethyl adjacent to an activating group) is 1. The molecule has 0 unspecified atom stereocenters. The van der Waals surface area contributed by atoms with E-state index in [0.717, 1.165) is 5.56 Å². The largest absolute Gasteiger partial charge is 0.478 e. The zero-order valence-corrected chi connectivity index (χ0v) is 16.1. The maximum atomic E-state index is 13.5. The molecule has 0 atom stereocenters. The second-order valence-electron chi connectivity index (χ2n) is 6.82. The summed E-state index contributed by atoms with van der Waals surface area (Å²) in [6, 6.07) is 8.86. The smallest absolute Gasteiger partial charge is 0.339 e. The topological polar surface area (TPSA) is 80.0 Å². The van der Waals surface area contributed by atoms with E-state index < -0.39 is 11.4 Å². The lowest BCUT2D eigenvalue weighted by atomic mass is 9.73. The molecule has 0 aliphatic carbocycles. The fourth-order valence-corrected chi connectivity index (χ4v) is 3.99. The number of ether oxygens (including phenoxy) is 1. The first-order valence-corrected chi connectivity index (χ1v) is 9.14. The summed E-state index contributed by atoms with van der Waals surface area (Å²) in [5, 5.41) is 9.74. The summed E-state index contributed by atoms with van der Waals surface area (Å²) in [6.45, 7) is 2.74. The molecule has 1 aromatic carbocycles. The summed E-state index contributed by atoms with van der Waals surface area (Å²) in [5.41, 5.74) is 0.147. The zero-order chi connectivity index (χ0) is 19.6. The van der Waals surface area contributed by atoms with Gasteiger partial charge in [0.1, 0.15) is 17.1 Å². The molecule has 0 bridgehead atoms. The van der Waals surface area contributed by atoms with E-state index >= 15 is 0 Å². The van der Waals surface area contributed by atoms with Gasteiger partial charge in [0.25, 0.3) is 0 Å². The number of hydrogen-bond donors (Lipinski definition) is 1. The monoisotopic (exact) mass is 391 g/mol.